The number of halogens is 2. The lowest BCUT2D eigenvalue weighted by molar-refractivity contribution is -0.384. The normalized spacial score (nSPS) is 17.4. The van der Waals surface area contributed by atoms with Crippen LogP contribution in [0.4, 0.5) is 11.4 Å². The van der Waals surface area contributed by atoms with Gasteiger partial charge in [-0.1, -0.05) is 53.5 Å². The molecule has 1 unspecified atom stereocenters. The fourth-order valence-electron chi connectivity index (χ4n) is 3.80. The quantitative estimate of drug-likeness (QED) is 0.165. The van der Waals surface area contributed by atoms with E-state index in [1.807, 2.05) is 13.0 Å². The van der Waals surface area contributed by atoms with Crippen LogP contribution in [-0.2, 0) is 9.59 Å². The third-order valence-electron chi connectivity index (χ3n) is 5.31. The monoisotopic (exact) mass is 482 g/mol. The van der Waals surface area contributed by atoms with E-state index in [4.69, 9.17) is 23.2 Å². The minimum atomic E-state index is -1.03. The highest BCUT2D eigenvalue weighted by Crippen LogP contribution is 2.43. The number of hydrogen-bond donors (Lipinski definition) is 1. The Hall–Kier alpha value is -3.68. The molecule has 1 aliphatic rings. The van der Waals surface area contributed by atoms with Crippen LogP contribution in [0.3, 0.4) is 0 Å². The Morgan fingerprint density at radius 1 is 1.00 bits per heavy atom. The maximum Gasteiger partial charge on any atom is 0.300 e. The fraction of sp³-hybridized carbons (Fsp3) is 0.0833. The van der Waals surface area contributed by atoms with Gasteiger partial charge in [-0.15, -0.1) is 0 Å². The van der Waals surface area contributed by atoms with Crippen LogP contribution in [0.5, 0.6) is 0 Å². The van der Waals surface area contributed by atoms with Crippen molar-refractivity contribution in [1.82, 2.24) is 0 Å². The van der Waals surface area contributed by atoms with Crippen LogP contribution in [0.25, 0.3) is 5.76 Å². The first-order valence-corrected chi connectivity index (χ1v) is 10.5. The molecule has 0 bridgehead atoms. The highest BCUT2D eigenvalue weighted by molar-refractivity contribution is 6.51. The zero-order valence-corrected chi connectivity index (χ0v) is 18.7. The highest BCUT2D eigenvalue weighted by Gasteiger charge is 2.47. The lowest BCUT2D eigenvalue weighted by Gasteiger charge is -2.26. The summed E-state index contributed by atoms with van der Waals surface area (Å²) in [5.41, 5.74) is 1.32. The summed E-state index contributed by atoms with van der Waals surface area (Å²) in [6, 6.07) is 15.8. The fourth-order valence-corrected chi connectivity index (χ4v) is 4.10. The Morgan fingerprint density at radius 2 is 1.73 bits per heavy atom. The number of aryl methyl sites for hydroxylation is 1. The molecule has 4 rings (SSSR count). The summed E-state index contributed by atoms with van der Waals surface area (Å²) in [5.74, 6) is -2.29. The molecule has 33 heavy (non-hydrogen) atoms. The summed E-state index contributed by atoms with van der Waals surface area (Å²) in [6.07, 6.45) is 0. The molecule has 1 amide bonds. The van der Waals surface area contributed by atoms with Crippen molar-refractivity contribution in [2.24, 2.45) is 0 Å². The van der Waals surface area contributed by atoms with Gasteiger partial charge in [0.05, 0.1) is 26.6 Å². The molecule has 1 heterocycles. The molecule has 1 aliphatic heterocycles. The lowest BCUT2D eigenvalue weighted by Crippen LogP contribution is -2.29. The molecular formula is C24H16Cl2N2O5. The number of nitrogens with zero attached hydrogens (tertiary/aromatic N) is 2. The maximum absolute atomic E-state index is 13.1. The molecule has 7 nitrogen and oxygen atoms in total. The molecule has 0 aromatic heterocycles. The van der Waals surface area contributed by atoms with Gasteiger partial charge in [-0.2, -0.15) is 0 Å². The van der Waals surface area contributed by atoms with Crippen LogP contribution in [-0.4, -0.2) is 21.7 Å². The number of non-ortho nitro benzene ring substituents is 1. The average Bonchev–Trinajstić information content (AvgIpc) is 3.06. The molecular weight excluding hydrogens is 467 g/mol. The van der Waals surface area contributed by atoms with Crippen LogP contribution in [0.15, 0.2) is 72.3 Å². The van der Waals surface area contributed by atoms with E-state index in [1.54, 1.807) is 24.3 Å². The Kier molecular flexibility index (Phi) is 5.93. The van der Waals surface area contributed by atoms with Crippen molar-refractivity contribution >= 4 is 52.0 Å². The summed E-state index contributed by atoms with van der Waals surface area (Å²) < 4.78 is 0. The highest BCUT2D eigenvalue weighted by atomic mass is 35.5. The third-order valence-corrected chi connectivity index (χ3v) is 6.05. The van der Waals surface area contributed by atoms with Crippen molar-refractivity contribution in [1.29, 1.82) is 0 Å². The van der Waals surface area contributed by atoms with Crippen LogP contribution < -0.4 is 4.90 Å². The number of rotatable bonds is 4. The second-order valence-corrected chi connectivity index (χ2v) is 8.30. The van der Waals surface area contributed by atoms with E-state index in [1.165, 1.54) is 35.2 Å². The Morgan fingerprint density at radius 3 is 2.39 bits per heavy atom. The minimum absolute atomic E-state index is 0.0384. The Labute approximate surface area is 198 Å². The minimum Gasteiger partial charge on any atom is -0.507 e. The Bertz CT molecular complexity index is 1350. The summed E-state index contributed by atoms with van der Waals surface area (Å²) in [7, 11) is 0. The maximum atomic E-state index is 13.1. The number of amides is 1. The second kappa shape index (κ2) is 8.69. The predicted molar refractivity (Wildman–Crippen MR) is 126 cm³/mol. The van der Waals surface area contributed by atoms with E-state index in [0.717, 1.165) is 11.6 Å². The molecule has 9 heteroatoms. The number of carbonyl (C=O) groups excluding carboxylic acids is 2. The Balaban J connectivity index is 1.98. The summed E-state index contributed by atoms with van der Waals surface area (Å²) in [5, 5.41) is 22.8. The topological polar surface area (TPSA) is 101 Å². The van der Waals surface area contributed by atoms with Gasteiger partial charge in [0.25, 0.3) is 17.4 Å². The van der Waals surface area contributed by atoms with Crippen molar-refractivity contribution < 1.29 is 19.6 Å². The van der Waals surface area contributed by atoms with Crippen LogP contribution in [0, 0.1) is 17.0 Å². The van der Waals surface area contributed by atoms with Crippen molar-refractivity contribution in [2.45, 2.75) is 13.0 Å². The standard InChI is InChI=1S/C24H16Cl2N2O5/c1-13-4-2-6-16(10-13)27-21(14-8-9-18(25)19(26)12-14)20(23(30)24(27)31)22(29)15-5-3-7-17(11-15)28(32)33/h2-12,21,29H,1H3/b22-20-. The summed E-state index contributed by atoms with van der Waals surface area (Å²) >= 11 is 12.3. The average molecular weight is 483 g/mol. The van der Waals surface area contributed by atoms with Gasteiger partial charge in [-0.05, 0) is 42.3 Å². The van der Waals surface area contributed by atoms with E-state index in [2.05, 4.69) is 0 Å². The van der Waals surface area contributed by atoms with Gasteiger partial charge in [0, 0.05) is 23.4 Å². The van der Waals surface area contributed by atoms with E-state index in [0.29, 0.717) is 11.3 Å². The van der Waals surface area contributed by atoms with E-state index in [9.17, 15) is 24.8 Å². The van der Waals surface area contributed by atoms with Gasteiger partial charge >= 0.3 is 0 Å². The smallest absolute Gasteiger partial charge is 0.300 e. The molecule has 1 atom stereocenters. The number of anilines is 1. The second-order valence-electron chi connectivity index (χ2n) is 7.49. The number of nitro benzene ring substituents is 1. The van der Waals surface area contributed by atoms with Crippen LogP contribution in [0.1, 0.15) is 22.7 Å². The molecule has 0 aliphatic carbocycles. The van der Waals surface area contributed by atoms with E-state index >= 15 is 0 Å². The number of aliphatic hydroxyl groups excluding tert-OH is 1. The number of carbonyl (C=O) groups is 2. The van der Waals surface area contributed by atoms with Crippen molar-refractivity contribution in [2.75, 3.05) is 4.90 Å². The number of benzene rings is 3. The van der Waals surface area contributed by atoms with Crippen molar-refractivity contribution in [3.63, 3.8) is 0 Å². The summed E-state index contributed by atoms with van der Waals surface area (Å²) in [6.45, 7) is 1.84. The molecule has 1 fully saturated rings. The first-order valence-electron chi connectivity index (χ1n) is 9.76. The predicted octanol–water partition coefficient (Wildman–Crippen LogP) is 5.84. The first-order chi connectivity index (χ1) is 15.7. The molecule has 1 saturated heterocycles. The van der Waals surface area contributed by atoms with Gasteiger partial charge in [0.2, 0.25) is 0 Å². The molecule has 0 radical (unpaired) electrons. The van der Waals surface area contributed by atoms with Gasteiger partial charge in [-0.3, -0.25) is 24.6 Å². The molecule has 1 N–H and O–H groups in total. The molecule has 3 aromatic rings. The van der Waals surface area contributed by atoms with E-state index in [-0.39, 0.29) is 26.9 Å². The van der Waals surface area contributed by atoms with Crippen molar-refractivity contribution in [3.8, 4) is 0 Å². The third kappa shape index (κ3) is 4.08. The molecule has 3 aromatic carbocycles. The zero-order chi connectivity index (χ0) is 23.9. The van der Waals surface area contributed by atoms with E-state index < -0.39 is 28.4 Å². The molecule has 0 saturated carbocycles. The SMILES string of the molecule is Cc1cccc(N2C(=O)C(=O)/C(=C(\O)c3cccc([N+](=O)[O-])c3)C2c2ccc(Cl)c(Cl)c2)c1. The molecule has 166 valence electrons. The van der Waals surface area contributed by atoms with Gasteiger partial charge in [0.15, 0.2) is 0 Å². The number of hydrogen-bond acceptors (Lipinski definition) is 5. The summed E-state index contributed by atoms with van der Waals surface area (Å²) in [4.78, 5) is 38.1. The number of ketones is 1. The zero-order valence-electron chi connectivity index (χ0n) is 17.2. The van der Waals surface area contributed by atoms with Crippen LogP contribution in [0.2, 0.25) is 10.0 Å². The number of nitro groups is 1. The number of aliphatic hydroxyl groups is 1. The largest absolute Gasteiger partial charge is 0.507 e. The van der Waals surface area contributed by atoms with Gasteiger partial charge < -0.3 is 5.11 Å². The van der Waals surface area contributed by atoms with Crippen molar-refractivity contribution in [3.05, 3.63) is 109 Å². The molecule has 0 spiro atoms. The number of Topliss-reactive ketones (excluding diaryl/α,β-unsaturated/α-hetero) is 1. The first kappa shape index (κ1) is 22.5. The van der Waals surface area contributed by atoms with Crippen LogP contribution >= 0.6 is 23.2 Å². The van der Waals surface area contributed by atoms with Gasteiger partial charge in [0.1, 0.15) is 5.76 Å². The van der Waals surface area contributed by atoms with Gasteiger partial charge in [-0.25, -0.2) is 0 Å². The lowest BCUT2D eigenvalue weighted by atomic mass is 9.95.